The summed E-state index contributed by atoms with van der Waals surface area (Å²) in [6.45, 7) is 7.49. The molecule has 0 aromatic heterocycles. The Kier molecular flexibility index (Phi) is 12.1. The average Bonchev–Trinajstić information content (AvgIpc) is 2.94. The number of hydrogen-bond donors (Lipinski definition) is 3. The van der Waals surface area contributed by atoms with Crippen molar-refractivity contribution in [2.75, 3.05) is 46.3 Å². The average molecular weight is 571 g/mol. The molecule has 2 saturated heterocycles. The molecule has 41 heavy (non-hydrogen) atoms. The van der Waals surface area contributed by atoms with Crippen LogP contribution in [0.1, 0.15) is 52.0 Å². The zero-order valence-corrected chi connectivity index (χ0v) is 24.9. The van der Waals surface area contributed by atoms with Crippen molar-refractivity contribution in [3.63, 3.8) is 0 Å². The molecule has 0 spiro atoms. The van der Waals surface area contributed by atoms with Gasteiger partial charge in [-0.3, -0.25) is 28.9 Å². The summed E-state index contributed by atoms with van der Waals surface area (Å²) in [5.74, 6) is -2.07. The summed E-state index contributed by atoms with van der Waals surface area (Å²) in [5, 5.41) is 8.50. The molecule has 226 valence electrons. The highest BCUT2D eigenvalue weighted by Gasteiger charge is 2.33. The van der Waals surface area contributed by atoms with E-state index in [4.69, 9.17) is 0 Å². The molecule has 3 atom stereocenters. The molecular weight excluding hydrogens is 524 g/mol. The normalized spacial score (nSPS) is 24.6. The van der Waals surface area contributed by atoms with Crippen molar-refractivity contribution in [3.8, 4) is 0 Å². The number of nitrogens with one attached hydrogen (secondary N) is 3. The molecule has 2 heterocycles. The Bertz CT molecular complexity index is 1060. The number of carbonyl (C=O) groups excluding carboxylic acids is 5. The second-order valence-electron chi connectivity index (χ2n) is 11.5. The van der Waals surface area contributed by atoms with Crippen LogP contribution in [0.25, 0.3) is 0 Å². The molecule has 3 rings (SSSR count). The van der Waals surface area contributed by atoms with Gasteiger partial charge in [0.25, 0.3) is 0 Å². The van der Waals surface area contributed by atoms with Crippen molar-refractivity contribution in [1.29, 1.82) is 0 Å². The van der Waals surface area contributed by atoms with Crippen LogP contribution in [-0.2, 0) is 30.4 Å². The highest BCUT2D eigenvalue weighted by molar-refractivity contribution is 5.94. The highest BCUT2D eigenvalue weighted by atomic mass is 16.2. The fourth-order valence-electron chi connectivity index (χ4n) is 5.28. The maximum Gasteiger partial charge on any atom is 0.245 e. The lowest BCUT2D eigenvalue weighted by molar-refractivity contribution is -0.144. The van der Waals surface area contributed by atoms with Gasteiger partial charge in [0, 0.05) is 26.6 Å². The number of rotatable bonds is 5. The van der Waals surface area contributed by atoms with Crippen LogP contribution in [0, 0.1) is 5.92 Å². The van der Waals surface area contributed by atoms with Gasteiger partial charge in [-0.15, -0.1) is 0 Å². The highest BCUT2D eigenvalue weighted by Crippen LogP contribution is 2.12. The summed E-state index contributed by atoms with van der Waals surface area (Å²) in [7, 11) is 1.50. The molecule has 11 heteroatoms. The Hall–Kier alpha value is -3.47. The molecule has 3 N–H and O–H groups in total. The van der Waals surface area contributed by atoms with Crippen molar-refractivity contribution in [3.05, 3.63) is 35.9 Å². The number of likely N-dealkylation sites (tertiary alicyclic amines) is 1. The van der Waals surface area contributed by atoms with Crippen LogP contribution in [0.5, 0.6) is 0 Å². The molecule has 11 nitrogen and oxygen atoms in total. The van der Waals surface area contributed by atoms with E-state index < -0.39 is 35.8 Å². The first-order valence-corrected chi connectivity index (χ1v) is 14.7. The minimum atomic E-state index is -0.877. The molecule has 1 aromatic rings. The molecule has 5 amide bonds. The van der Waals surface area contributed by atoms with Crippen molar-refractivity contribution >= 4 is 29.5 Å². The van der Waals surface area contributed by atoms with E-state index in [1.807, 2.05) is 44.2 Å². The van der Waals surface area contributed by atoms with Gasteiger partial charge in [-0.05, 0) is 50.8 Å². The van der Waals surface area contributed by atoms with Crippen LogP contribution >= 0.6 is 0 Å². The van der Waals surface area contributed by atoms with E-state index in [-0.39, 0.29) is 50.3 Å². The van der Waals surface area contributed by atoms with Crippen LogP contribution in [0.4, 0.5) is 0 Å². The van der Waals surface area contributed by atoms with Crippen molar-refractivity contribution in [2.45, 2.75) is 71.0 Å². The molecule has 2 fully saturated rings. The first kappa shape index (κ1) is 32.0. The van der Waals surface area contributed by atoms with Crippen molar-refractivity contribution in [1.82, 2.24) is 30.7 Å². The van der Waals surface area contributed by atoms with Gasteiger partial charge in [0.15, 0.2) is 0 Å². The standard InChI is InChI=1S/C30H46N6O5/c1-21(2)27-30(41)34(4)19-25(37)32-24(18-23-12-7-5-8-13-23)29(40)31-14-11-17-36(22(3)28(39)33-27)26(38)20-35-15-9-6-10-16-35/h5,7-8,12-13,21-22,24,27H,6,9-11,14-20H2,1-4H3,(H,31,40)(H,32,37)(H,33,39)/t22-,24+,27+/m1/s1. The summed E-state index contributed by atoms with van der Waals surface area (Å²) in [6.07, 6.45) is 3.95. The van der Waals surface area contributed by atoms with Gasteiger partial charge in [-0.2, -0.15) is 0 Å². The van der Waals surface area contributed by atoms with E-state index in [1.54, 1.807) is 11.8 Å². The topological polar surface area (TPSA) is 131 Å². The fourth-order valence-corrected chi connectivity index (χ4v) is 5.28. The summed E-state index contributed by atoms with van der Waals surface area (Å²) >= 11 is 0. The summed E-state index contributed by atoms with van der Waals surface area (Å²) in [5.41, 5.74) is 0.887. The van der Waals surface area contributed by atoms with Crippen molar-refractivity contribution < 1.29 is 24.0 Å². The lowest BCUT2D eigenvalue weighted by atomic mass is 10.0. The number of nitrogens with zero attached hydrogens (tertiary/aromatic N) is 3. The Balaban J connectivity index is 1.83. The van der Waals surface area contributed by atoms with E-state index >= 15 is 0 Å². The van der Waals surface area contributed by atoms with Gasteiger partial charge in [-0.1, -0.05) is 50.6 Å². The van der Waals surface area contributed by atoms with Gasteiger partial charge < -0.3 is 25.8 Å². The molecular formula is C30H46N6O5. The predicted molar refractivity (Wildman–Crippen MR) is 156 cm³/mol. The van der Waals surface area contributed by atoms with Crippen molar-refractivity contribution in [2.24, 2.45) is 5.92 Å². The number of piperidine rings is 1. The quantitative estimate of drug-likeness (QED) is 0.474. The third-order valence-corrected chi connectivity index (χ3v) is 7.77. The van der Waals surface area contributed by atoms with E-state index in [9.17, 15) is 24.0 Å². The first-order valence-electron chi connectivity index (χ1n) is 14.7. The zero-order valence-electron chi connectivity index (χ0n) is 24.9. The van der Waals surface area contributed by atoms with E-state index in [0.717, 1.165) is 37.9 Å². The summed E-state index contributed by atoms with van der Waals surface area (Å²) in [4.78, 5) is 71.2. The van der Waals surface area contributed by atoms with Crippen LogP contribution in [0.3, 0.4) is 0 Å². The van der Waals surface area contributed by atoms with Gasteiger partial charge in [0.05, 0.1) is 13.1 Å². The monoisotopic (exact) mass is 570 g/mol. The molecule has 2 aliphatic heterocycles. The second-order valence-corrected chi connectivity index (χ2v) is 11.5. The Morgan fingerprint density at radius 3 is 2.27 bits per heavy atom. The number of likely N-dealkylation sites (N-methyl/N-ethyl adjacent to an activating group) is 1. The number of amides is 5. The third kappa shape index (κ3) is 9.55. The summed E-state index contributed by atoms with van der Waals surface area (Å²) < 4.78 is 0. The minimum absolute atomic E-state index is 0.152. The predicted octanol–water partition coefficient (Wildman–Crippen LogP) is 0.536. The van der Waals surface area contributed by atoms with E-state index in [1.165, 1.54) is 11.9 Å². The fraction of sp³-hybridized carbons (Fsp3) is 0.633. The molecule has 0 radical (unpaired) electrons. The number of carbonyl (C=O) groups is 5. The number of benzene rings is 1. The molecule has 1 aromatic carbocycles. The maximum atomic E-state index is 13.4. The molecule has 0 unspecified atom stereocenters. The third-order valence-electron chi connectivity index (χ3n) is 7.77. The second kappa shape index (κ2) is 15.5. The first-order chi connectivity index (χ1) is 19.6. The van der Waals surface area contributed by atoms with Crippen LogP contribution in [0.15, 0.2) is 30.3 Å². The lowest BCUT2D eigenvalue weighted by Crippen LogP contribution is -2.58. The number of hydrogen-bond acceptors (Lipinski definition) is 6. The Morgan fingerprint density at radius 2 is 1.61 bits per heavy atom. The summed E-state index contributed by atoms with van der Waals surface area (Å²) in [6, 6.07) is 6.86. The maximum absolute atomic E-state index is 13.4. The largest absolute Gasteiger partial charge is 0.354 e. The Morgan fingerprint density at radius 1 is 0.927 bits per heavy atom. The molecule has 0 saturated carbocycles. The molecule has 2 aliphatic rings. The van der Waals surface area contributed by atoms with Crippen LogP contribution < -0.4 is 16.0 Å². The molecule has 0 aliphatic carbocycles. The van der Waals surface area contributed by atoms with E-state index in [0.29, 0.717) is 6.42 Å². The van der Waals surface area contributed by atoms with Crippen LogP contribution in [-0.4, -0.2) is 109 Å². The van der Waals surface area contributed by atoms with Gasteiger partial charge in [-0.25, -0.2) is 0 Å². The lowest BCUT2D eigenvalue weighted by Gasteiger charge is -2.34. The van der Waals surface area contributed by atoms with Crippen LogP contribution in [0.2, 0.25) is 0 Å². The van der Waals surface area contributed by atoms with Gasteiger partial charge in [0.2, 0.25) is 29.5 Å². The van der Waals surface area contributed by atoms with Gasteiger partial charge >= 0.3 is 0 Å². The molecule has 0 bridgehead atoms. The van der Waals surface area contributed by atoms with E-state index in [2.05, 4.69) is 20.9 Å². The smallest absolute Gasteiger partial charge is 0.245 e. The van der Waals surface area contributed by atoms with Gasteiger partial charge in [0.1, 0.15) is 18.1 Å². The minimum Gasteiger partial charge on any atom is -0.354 e. The SMILES string of the molecule is CC(C)[C@@H]1NC(=O)[C@@H](C)N(C(=O)CN2CCCCC2)CCCNC(=O)[C@H](Cc2ccccc2)NC(=O)CN(C)C1=O. The Labute approximate surface area is 243 Å². The zero-order chi connectivity index (χ0) is 29.9.